The molecular weight excluding hydrogens is 324 g/mol. The Morgan fingerprint density at radius 3 is 2.24 bits per heavy atom. The van der Waals surface area contributed by atoms with Gasteiger partial charge in [0.1, 0.15) is 5.82 Å². The zero-order valence-electron chi connectivity index (χ0n) is 13.9. The van der Waals surface area contributed by atoms with Gasteiger partial charge in [-0.05, 0) is 36.6 Å². The molecule has 1 N–H and O–H groups in total. The largest absolute Gasteiger partial charge is 0.340 e. The second-order valence-electron chi connectivity index (χ2n) is 5.86. The zero-order valence-corrected chi connectivity index (χ0v) is 14.8. The summed E-state index contributed by atoms with van der Waals surface area (Å²) in [6, 6.07) is 26.9. The average Bonchev–Trinajstić information content (AvgIpc) is 3.19. The van der Waals surface area contributed by atoms with E-state index in [2.05, 4.69) is 60.1 Å². The van der Waals surface area contributed by atoms with Crippen LogP contribution in [0.3, 0.4) is 0 Å². The molecule has 0 spiro atoms. The minimum Gasteiger partial charge on any atom is -0.340 e. The Morgan fingerprint density at radius 1 is 0.840 bits per heavy atom. The lowest BCUT2D eigenvalue weighted by molar-refractivity contribution is 1.26. The fraction of sp³-hybridized carbons (Fsp3) is 0.0455. The van der Waals surface area contributed by atoms with Crippen molar-refractivity contribution in [1.82, 2.24) is 4.98 Å². The van der Waals surface area contributed by atoms with E-state index in [0.717, 1.165) is 28.3 Å². The predicted molar refractivity (Wildman–Crippen MR) is 107 cm³/mol. The SMILES string of the molecule is Cc1c(-c2cccs2)cc(-c2ccccc2)nc1Nc1ccccc1. The van der Waals surface area contributed by atoms with Crippen LogP contribution in [0.15, 0.2) is 84.2 Å². The molecule has 2 nitrogen and oxygen atoms in total. The maximum Gasteiger partial charge on any atom is 0.134 e. The van der Waals surface area contributed by atoms with Crippen LogP contribution in [0, 0.1) is 6.92 Å². The van der Waals surface area contributed by atoms with Gasteiger partial charge >= 0.3 is 0 Å². The predicted octanol–water partition coefficient (Wildman–Crippen LogP) is 6.53. The highest BCUT2D eigenvalue weighted by Crippen LogP contribution is 2.35. The third-order valence-electron chi connectivity index (χ3n) is 4.17. The number of thiophene rings is 1. The normalized spacial score (nSPS) is 10.6. The Bertz CT molecular complexity index is 962. The molecule has 0 aliphatic rings. The zero-order chi connectivity index (χ0) is 17.1. The Labute approximate surface area is 151 Å². The first-order valence-corrected chi connectivity index (χ1v) is 9.12. The number of benzene rings is 2. The third-order valence-corrected chi connectivity index (χ3v) is 5.07. The first-order valence-electron chi connectivity index (χ1n) is 8.24. The highest BCUT2D eigenvalue weighted by atomic mass is 32.1. The van der Waals surface area contributed by atoms with Gasteiger partial charge in [-0.15, -0.1) is 11.3 Å². The molecule has 0 fully saturated rings. The summed E-state index contributed by atoms with van der Waals surface area (Å²) in [6.45, 7) is 2.13. The second-order valence-corrected chi connectivity index (χ2v) is 6.81. The topological polar surface area (TPSA) is 24.9 Å². The molecule has 0 unspecified atom stereocenters. The molecule has 2 aromatic carbocycles. The maximum absolute atomic E-state index is 4.90. The van der Waals surface area contributed by atoms with Crippen LogP contribution < -0.4 is 5.32 Å². The van der Waals surface area contributed by atoms with Crippen molar-refractivity contribution in [2.24, 2.45) is 0 Å². The molecule has 0 atom stereocenters. The molecule has 0 amide bonds. The molecule has 122 valence electrons. The second kappa shape index (κ2) is 6.91. The minimum atomic E-state index is 0.899. The first kappa shape index (κ1) is 15.6. The Balaban J connectivity index is 1.86. The Kier molecular flexibility index (Phi) is 4.32. The summed E-state index contributed by atoms with van der Waals surface area (Å²) >= 11 is 1.75. The number of para-hydroxylation sites is 1. The van der Waals surface area contributed by atoms with E-state index >= 15 is 0 Å². The molecule has 2 heterocycles. The molecule has 2 aromatic heterocycles. The number of nitrogens with one attached hydrogen (secondary N) is 1. The summed E-state index contributed by atoms with van der Waals surface area (Å²) in [5.41, 5.74) is 5.53. The number of aromatic nitrogens is 1. The van der Waals surface area contributed by atoms with Gasteiger partial charge in [-0.25, -0.2) is 4.98 Å². The van der Waals surface area contributed by atoms with Crippen molar-refractivity contribution < 1.29 is 0 Å². The van der Waals surface area contributed by atoms with E-state index in [-0.39, 0.29) is 0 Å². The van der Waals surface area contributed by atoms with Gasteiger partial charge < -0.3 is 5.32 Å². The molecule has 0 aliphatic heterocycles. The summed E-state index contributed by atoms with van der Waals surface area (Å²) in [5, 5.41) is 5.59. The summed E-state index contributed by atoms with van der Waals surface area (Å²) < 4.78 is 0. The standard InChI is InChI=1S/C22H18N2S/c1-16-19(21-13-8-14-25-21)15-20(17-9-4-2-5-10-17)24-22(16)23-18-11-6-3-7-12-18/h2-15H,1H3,(H,23,24). The van der Waals surface area contributed by atoms with Crippen molar-refractivity contribution >= 4 is 22.8 Å². The van der Waals surface area contributed by atoms with E-state index in [1.165, 1.54) is 10.4 Å². The lowest BCUT2D eigenvalue weighted by Gasteiger charge is -2.15. The van der Waals surface area contributed by atoms with Crippen molar-refractivity contribution in [3.63, 3.8) is 0 Å². The number of pyridine rings is 1. The van der Waals surface area contributed by atoms with Crippen LogP contribution in [0.25, 0.3) is 21.7 Å². The van der Waals surface area contributed by atoms with Gasteiger partial charge in [0, 0.05) is 27.3 Å². The summed E-state index contributed by atoms with van der Waals surface area (Å²) in [5.74, 6) is 0.899. The average molecular weight is 342 g/mol. The molecule has 0 bridgehead atoms. The van der Waals surface area contributed by atoms with Crippen LogP contribution in [-0.4, -0.2) is 4.98 Å². The van der Waals surface area contributed by atoms with Crippen LogP contribution in [0.4, 0.5) is 11.5 Å². The van der Waals surface area contributed by atoms with Crippen LogP contribution in [0.2, 0.25) is 0 Å². The maximum atomic E-state index is 4.90. The van der Waals surface area contributed by atoms with Gasteiger partial charge in [0.15, 0.2) is 0 Å². The molecule has 3 heteroatoms. The van der Waals surface area contributed by atoms with Crippen LogP contribution in [0.5, 0.6) is 0 Å². The Morgan fingerprint density at radius 2 is 1.56 bits per heavy atom. The van der Waals surface area contributed by atoms with E-state index < -0.39 is 0 Å². The smallest absolute Gasteiger partial charge is 0.134 e. The number of hydrogen-bond donors (Lipinski definition) is 1. The number of anilines is 2. The molecule has 25 heavy (non-hydrogen) atoms. The molecule has 0 saturated carbocycles. The number of rotatable bonds is 4. The van der Waals surface area contributed by atoms with Crippen molar-refractivity contribution in [3.8, 4) is 21.7 Å². The van der Waals surface area contributed by atoms with E-state index in [4.69, 9.17) is 4.98 Å². The molecule has 0 saturated heterocycles. The summed E-state index contributed by atoms with van der Waals surface area (Å²) in [6.07, 6.45) is 0. The first-order chi connectivity index (χ1) is 12.3. The number of hydrogen-bond acceptors (Lipinski definition) is 3. The van der Waals surface area contributed by atoms with Crippen molar-refractivity contribution in [2.45, 2.75) is 6.92 Å². The van der Waals surface area contributed by atoms with Gasteiger partial charge in [0.25, 0.3) is 0 Å². The minimum absolute atomic E-state index is 0.899. The monoisotopic (exact) mass is 342 g/mol. The van der Waals surface area contributed by atoms with Gasteiger partial charge in [0.05, 0.1) is 5.69 Å². The molecule has 4 aromatic rings. The third kappa shape index (κ3) is 3.32. The highest BCUT2D eigenvalue weighted by molar-refractivity contribution is 7.13. The lowest BCUT2D eigenvalue weighted by atomic mass is 10.0. The molecular formula is C22H18N2S. The molecule has 0 radical (unpaired) electrons. The number of nitrogens with zero attached hydrogens (tertiary/aromatic N) is 1. The fourth-order valence-electron chi connectivity index (χ4n) is 2.83. The van der Waals surface area contributed by atoms with Gasteiger partial charge in [-0.1, -0.05) is 54.6 Å². The van der Waals surface area contributed by atoms with Gasteiger partial charge in [0.2, 0.25) is 0 Å². The molecule has 4 rings (SSSR count). The summed E-state index contributed by atoms with van der Waals surface area (Å²) in [4.78, 5) is 6.16. The van der Waals surface area contributed by atoms with Crippen LogP contribution in [0.1, 0.15) is 5.56 Å². The van der Waals surface area contributed by atoms with Gasteiger partial charge in [-0.2, -0.15) is 0 Å². The lowest BCUT2D eigenvalue weighted by Crippen LogP contribution is -2.00. The van der Waals surface area contributed by atoms with E-state index in [1.807, 2.05) is 36.4 Å². The Hall–Kier alpha value is -2.91. The van der Waals surface area contributed by atoms with E-state index in [9.17, 15) is 0 Å². The van der Waals surface area contributed by atoms with E-state index in [0.29, 0.717) is 0 Å². The van der Waals surface area contributed by atoms with Crippen molar-refractivity contribution in [2.75, 3.05) is 5.32 Å². The van der Waals surface area contributed by atoms with Crippen molar-refractivity contribution in [3.05, 3.63) is 89.8 Å². The van der Waals surface area contributed by atoms with Gasteiger partial charge in [-0.3, -0.25) is 0 Å². The van der Waals surface area contributed by atoms with Crippen LogP contribution >= 0.6 is 11.3 Å². The molecule has 0 aliphatic carbocycles. The highest BCUT2D eigenvalue weighted by Gasteiger charge is 2.13. The fourth-order valence-corrected chi connectivity index (χ4v) is 3.63. The van der Waals surface area contributed by atoms with E-state index in [1.54, 1.807) is 11.3 Å². The van der Waals surface area contributed by atoms with Crippen LogP contribution in [-0.2, 0) is 0 Å². The summed E-state index contributed by atoms with van der Waals surface area (Å²) in [7, 11) is 0. The van der Waals surface area contributed by atoms with Crippen molar-refractivity contribution in [1.29, 1.82) is 0 Å². The quantitative estimate of drug-likeness (QED) is 0.456.